The minimum atomic E-state index is -0.447. The van der Waals surface area contributed by atoms with E-state index >= 15 is 0 Å². The number of carbonyl (C=O) groups is 1. The summed E-state index contributed by atoms with van der Waals surface area (Å²) >= 11 is 0. The van der Waals surface area contributed by atoms with Crippen molar-refractivity contribution < 1.29 is 9.53 Å². The maximum Gasteiger partial charge on any atom is 0.410 e. The highest BCUT2D eigenvalue weighted by molar-refractivity contribution is 5.68. The van der Waals surface area contributed by atoms with Crippen LogP contribution in [0.15, 0.2) is 12.4 Å². The standard InChI is InChI=1S/C18H32N4O2/c1-6-9-22-13-15(11-20-22)16(19-7-2)14-8-10-21(12-14)17(23)24-18(3,4)5/h11,13-14,16,19H,6-10,12H2,1-5H3. The second-order valence-corrected chi connectivity index (χ2v) is 7.55. The van der Waals surface area contributed by atoms with Crippen LogP contribution in [-0.4, -0.2) is 46.0 Å². The second kappa shape index (κ2) is 8.01. The van der Waals surface area contributed by atoms with Gasteiger partial charge < -0.3 is 15.0 Å². The Morgan fingerprint density at radius 3 is 2.83 bits per heavy atom. The van der Waals surface area contributed by atoms with Gasteiger partial charge in [0, 0.05) is 37.4 Å². The second-order valence-electron chi connectivity index (χ2n) is 7.55. The molecule has 6 nitrogen and oxygen atoms in total. The van der Waals surface area contributed by atoms with E-state index in [0.717, 1.165) is 39.0 Å². The molecular weight excluding hydrogens is 304 g/mol. The molecule has 24 heavy (non-hydrogen) atoms. The minimum absolute atomic E-state index is 0.207. The van der Waals surface area contributed by atoms with Crippen LogP contribution in [0, 0.1) is 5.92 Å². The summed E-state index contributed by atoms with van der Waals surface area (Å²) in [4.78, 5) is 14.1. The quantitative estimate of drug-likeness (QED) is 0.866. The molecule has 1 aromatic rings. The van der Waals surface area contributed by atoms with Gasteiger partial charge in [0.05, 0.1) is 6.20 Å². The fourth-order valence-corrected chi connectivity index (χ4v) is 3.22. The van der Waals surface area contributed by atoms with E-state index in [1.54, 1.807) is 0 Å². The topological polar surface area (TPSA) is 59.4 Å². The van der Waals surface area contributed by atoms with Crippen LogP contribution in [0.5, 0.6) is 0 Å². The number of likely N-dealkylation sites (tertiary alicyclic amines) is 1. The first-order chi connectivity index (χ1) is 11.3. The number of nitrogens with one attached hydrogen (secondary N) is 1. The molecule has 136 valence electrons. The Balaban J connectivity index is 2.02. The Kier molecular flexibility index (Phi) is 6.27. The molecule has 2 unspecified atom stereocenters. The van der Waals surface area contributed by atoms with Crippen LogP contribution < -0.4 is 5.32 Å². The number of hydrogen-bond donors (Lipinski definition) is 1. The Hall–Kier alpha value is -1.56. The average Bonchev–Trinajstić information content (AvgIpc) is 3.12. The van der Waals surface area contributed by atoms with Gasteiger partial charge in [0.2, 0.25) is 0 Å². The third-order valence-electron chi connectivity index (χ3n) is 4.24. The zero-order chi connectivity index (χ0) is 17.7. The molecular formula is C18H32N4O2. The molecule has 1 aliphatic heterocycles. The van der Waals surface area contributed by atoms with Crippen LogP contribution >= 0.6 is 0 Å². The number of aryl methyl sites for hydroxylation is 1. The predicted octanol–water partition coefficient (Wildman–Crippen LogP) is 3.20. The third-order valence-corrected chi connectivity index (χ3v) is 4.24. The number of nitrogens with zero attached hydrogens (tertiary/aromatic N) is 3. The zero-order valence-electron chi connectivity index (χ0n) is 15.7. The maximum absolute atomic E-state index is 12.3. The van der Waals surface area contributed by atoms with E-state index in [0.29, 0.717) is 5.92 Å². The lowest BCUT2D eigenvalue weighted by Gasteiger charge is -2.26. The zero-order valence-corrected chi connectivity index (χ0v) is 15.7. The van der Waals surface area contributed by atoms with Crippen molar-refractivity contribution in [2.75, 3.05) is 19.6 Å². The van der Waals surface area contributed by atoms with Gasteiger partial charge in [0.25, 0.3) is 0 Å². The lowest BCUT2D eigenvalue weighted by molar-refractivity contribution is 0.0285. The molecule has 2 atom stereocenters. The van der Waals surface area contributed by atoms with E-state index in [4.69, 9.17) is 4.74 Å². The number of hydrogen-bond acceptors (Lipinski definition) is 4. The van der Waals surface area contributed by atoms with Crippen molar-refractivity contribution in [2.45, 2.75) is 65.6 Å². The van der Waals surface area contributed by atoms with Crippen molar-refractivity contribution >= 4 is 6.09 Å². The minimum Gasteiger partial charge on any atom is -0.444 e. The number of ether oxygens (including phenoxy) is 1. The van der Waals surface area contributed by atoms with Gasteiger partial charge in [-0.3, -0.25) is 4.68 Å². The van der Waals surface area contributed by atoms with Gasteiger partial charge >= 0.3 is 6.09 Å². The fourth-order valence-electron chi connectivity index (χ4n) is 3.22. The van der Waals surface area contributed by atoms with E-state index in [9.17, 15) is 4.79 Å². The van der Waals surface area contributed by atoms with Crippen molar-refractivity contribution in [2.24, 2.45) is 5.92 Å². The van der Waals surface area contributed by atoms with Crippen LogP contribution in [0.3, 0.4) is 0 Å². The Morgan fingerprint density at radius 2 is 2.21 bits per heavy atom. The summed E-state index contributed by atoms with van der Waals surface area (Å²) < 4.78 is 7.50. The highest BCUT2D eigenvalue weighted by atomic mass is 16.6. The van der Waals surface area contributed by atoms with Crippen molar-refractivity contribution in [1.82, 2.24) is 20.0 Å². The maximum atomic E-state index is 12.3. The summed E-state index contributed by atoms with van der Waals surface area (Å²) in [7, 11) is 0. The molecule has 1 saturated heterocycles. The van der Waals surface area contributed by atoms with Gasteiger partial charge in [-0.2, -0.15) is 5.10 Å². The molecule has 0 radical (unpaired) electrons. The molecule has 0 spiro atoms. The predicted molar refractivity (Wildman–Crippen MR) is 94.8 cm³/mol. The molecule has 1 fully saturated rings. The molecule has 6 heteroatoms. The van der Waals surface area contributed by atoms with Gasteiger partial charge in [-0.05, 0) is 46.1 Å². The van der Waals surface area contributed by atoms with E-state index in [2.05, 4.69) is 30.5 Å². The van der Waals surface area contributed by atoms with E-state index < -0.39 is 5.60 Å². The molecule has 0 aromatic carbocycles. The Labute approximate surface area is 145 Å². The molecule has 2 rings (SSSR count). The summed E-state index contributed by atoms with van der Waals surface area (Å²) in [5.41, 5.74) is 0.763. The number of rotatable bonds is 6. The first-order valence-electron chi connectivity index (χ1n) is 9.07. The molecule has 1 amide bonds. The van der Waals surface area contributed by atoms with Crippen LogP contribution in [0.2, 0.25) is 0 Å². The van der Waals surface area contributed by atoms with Gasteiger partial charge in [0.15, 0.2) is 0 Å². The summed E-state index contributed by atoms with van der Waals surface area (Å²) in [6, 6.07) is 0.230. The highest BCUT2D eigenvalue weighted by Gasteiger charge is 2.34. The summed E-state index contributed by atoms with van der Waals surface area (Å²) in [6.07, 6.45) is 5.94. The Morgan fingerprint density at radius 1 is 1.46 bits per heavy atom. The van der Waals surface area contributed by atoms with Crippen LogP contribution in [0.25, 0.3) is 0 Å². The van der Waals surface area contributed by atoms with Crippen molar-refractivity contribution in [1.29, 1.82) is 0 Å². The van der Waals surface area contributed by atoms with Crippen LogP contribution in [0.4, 0.5) is 4.79 Å². The molecule has 0 aliphatic carbocycles. The normalized spacial score (nSPS) is 19.5. The Bertz CT molecular complexity index is 535. The fraction of sp³-hybridized carbons (Fsp3) is 0.778. The first-order valence-corrected chi connectivity index (χ1v) is 9.07. The van der Waals surface area contributed by atoms with Crippen molar-refractivity contribution in [3.63, 3.8) is 0 Å². The first kappa shape index (κ1) is 18.8. The lowest BCUT2D eigenvalue weighted by atomic mass is 9.94. The monoisotopic (exact) mass is 336 g/mol. The average molecular weight is 336 g/mol. The largest absolute Gasteiger partial charge is 0.444 e. The van der Waals surface area contributed by atoms with Gasteiger partial charge in [-0.1, -0.05) is 13.8 Å². The lowest BCUT2D eigenvalue weighted by Crippen LogP contribution is -2.36. The number of amides is 1. The highest BCUT2D eigenvalue weighted by Crippen LogP contribution is 2.30. The summed E-state index contributed by atoms with van der Waals surface area (Å²) in [5, 5.41) is 8.03. The smallest absolute Gasteiger partial charge is 0.410 e. The van der Waals surface area contributed by atoms with Crippen LogP contribution in [0.1, 0.15) is 59.1 Å². The number of carbonyl (C=O) groups excluding carboxylic acids is 1. The summed E-state index contributed by atoms with van der Waals surface area (Å²) in [6.45, 7) is 13.3. The molecule has 0 saturated carbocycles. The molecule has 1 N–H and O–H groups in total. The van der Waals surface area contributed by atoms with Crippen molar-refractivity contribution in [3.8, 4) is 0 Å². The molecule has 1 aromatic heterocycles. The summed E-state index contributed by atoms with van der Waals surface area (Å²) in [5.74, 6) is 0.386. The van der Waals surface area contributed by atoms with Gasteiger partial charge in [-0.25, -0.2) is 4.79 Å². The molecule has 0 bridgehead atoms. The van der Waals surface area contributed by atoms with Gasteiger partial charge in [0.1, 0.15) is 5.60 Å². The van der Waals surface area contributed by atoms with Gasteiger partial charge in [-0.15, -0.1) is 0 Å². The van der Waals surface area contributed by atoms with E-state index in [1.807, 2.05) is 36.5 Å². The van der Waals surface area contributed by atoms with E-state index in [-0.39, 0.29) is 12.1 Å². The number of aromatic nitrogens is 2. The van der Waals surface area contributed by atoms with Crippen LogP contribution in [-0.2, 0) is 11.3 Å². The van der Waals surface area contributed by atoms with Crippen molar-refractivity contribution in [3.05, 3.63) is 18.0 Å². The molecule has 1 aliphatic rings. The van der Waals surface area contributed by atoms with E-state index in [1.165, 1.54) is 5.56 Å². The third kappa shape index (κ3) is 4.97. The SMILES string of the molecule is CCCn1cc(C(NCC)C2CCN(C(=O)OC(C)(C)C)C2)cn1. The molecule has 2 heterocycles.